The number of halogens is 3. The van der Waals surface area contributed by atoms with Crippen molar-refractivity contribution in [1.82, 2.24) is 14.8 Å². The van der Waals surface area contributed by atoms with Gasteiger partial charge in [-0.3, -0.25) is 0 Å². The highest BCUT2D eigenvalue weighted by Gasteiger charge is 2.41. The Morgan fingerprint density at radius 1 is 1.15 bits per heavy atom. The van der Waals surface area contributed by atoms with Crippen LogP contribution in [0.2, 0.25) is 10.0 Å². The molecule has 10 heteroatoms. The van der Waals surface area contributed by atoms with Gasteiger partial charge in [-0.2, -0.15) is 5.10 Å². The van der Waals surface area contributed by atoms with Crippen LogP contribution in [-0.4, -0.2) is 51.5 Å². The van der Waals surface area contributed by atoms with Gasteiger partial charge >= 0.3 is 6.03 Å². The summed E-state index contributed by atoms with van der Waals surface area (Å²) in [6.07, 6.45) is 1.70. The zero-order valence-corrected chi connectivity index (χ0v) is 20.9. The molecule has 2 aromatic heterocycles. The largest absolute Gasteiger partial charge is 0.414 e. The standard InChI is InChI=1S/C24H27Cl2FN6O/c1-24(2,3)21-14-17(32(30-21)16-6-7-20(27)19(26)13-16)15-33(23(28)34)11-9-31(10-12-33)22-18(25)5-4-8-29-22/h4-8,13-14H,9-12,15H2,1-3H3,(H-,28,34)/p+1. The predicted octanol–water partition coefficient (Wildman–Crippen LogP) is 4.93. The molecule has 0 bridgehead atoms. The number of hydrogen-bond donors (Lipinski definition) is 1. The molecular formula is C24H28Cl2FN6O+. The lowest BCUT2D eigenvalue weighted by molar-refractivity contribution is -0.864. The van der Waals surface area contributed by atoms with Crippen molar-refractivity contribution < 1.29 is 13.7 Å². The summed E-state index contributed by atoms with van der Waals surface area (Å²) < 4.78 is 15.6. The fourth-order valence-corrected chi connectivity index (χ4v) is 4.59. The van der Waals surface area contributed by atoms with Crippen molar-refractivity contribution in [2.24, 2.45) is 5.73 Å². The summed E-state index contributed by atoms with van der Waals surface area (Å²) in [5.41, 5.74) is 8.01. The lowest BCUT2D eigenvalue weighted by Crippen LogP contribution is -2.64. The molecule has 1 aliphatic heterocycles. The van der Waals surface area contributed by atoms with Gasteiger partial charge in [-0.15, -0.1) is 0 Å². The van der Waals surface area contributed by atoms with Gasteiger partial charge in [0.05, 0.1) is 40.2 Å². The Balaban J connectivity index is 1.68. The monoisotopic (exact) mass is 505 g/mol. The van der Waals surface area contributed by atoms with Crippen LogP contribution in [0.5, 0.6) is 0 Å². The molecule has 0 spiro atoms. The number of benzene rings is 1. The molecule has 3 aromatic rings. The van der Waals surface area contributed by atoms with Gasteiger partial charge in [-0.25, -0.2) is 23.3 Å². The van der Waals surface area contributed by atoms with Crippen LogP contribution >= 0.6 is 23.2 Å². The van der Waals surface area contributed by atoms with Crippen LogP contribution in [0.15, 0.2) is 42.6 Å². The second-order valence-corrected chi connectivity index (χ2v) is 10.5. The molecular weight excluding hydrogens is 478 g/mol. The van der Waals surface area contributed by atoms with E-state index in [0.717, 1.165) is 11.4 Å². The number of hydrogen-bond acceptors (Lipinski definition) is 4. The highest BCUT2D eigenvalue weighted by atomic mass is 35.5. The van der Waals surface area contributed by atoms with Crippen molar-refractivity contribution in [2.45, 2.75) is 32.7 Å². The van der Waals surface area contributed by atoms with Crippen molar-refractivity contribution in [2.75, 3.05) is 31.1 Å². The SMILES string of the molecule is CC(C)(C)c1cc(C[N+]2(C(N)=O)CCN(c3ncccc3Cl)CC2)n(-c2ccc(F)c(Cl)c2)n1. The maximum atomic E-state index is 13.8. The summed E-state index contributed by atoms with van der Waals surface area (Å²) in [7, 11) is 0. The van der Waals surface area contributed by atoms with Gasteiger partial charge in [0, 0.05) is 11.6 Å². The summed E-state index contributed by atoms with van der Waals surface area (Å²) in [6, 6.07) is 9.64. The fourth-order valence-electron chi connectivity index (χ4n) is 4.18. The Morgan fingerprint density at radius 2 is 1.85 bits per heavy atom. The van der Waals surface area contributed by atoms with Gasteiger partial charge in [-0.1, -0.05) is 44.0 Å². The molecule has 1 aliphatic rings. The van der Waals surface area contributed by atoms with E-state index in [0.29, 0.717) is 49.3 Å². The van der Waals surface area contributed by atoms with Crippen LogP contribution in [0.1, 0.15) is 32.2 Å². The summed E-state index contributed by atoms with van der Waals surface area (Å²) >= 11 is 12.4. The van der Waals surface area contributed by atoms with E-state index in [1.54, 1.807) is 29.1 Å². The molecule has 2 N–H and O–H groups in total. The van der Waals surface area contributed by atoms with E-state index in [1.165, 1.54) is 12.1 Å². The van der Waals surface area contributed by atoms with Crippen molar-refractivity contribution in [3.8, 4) is 5.69 Å². The number of amides is 2. The Labute approximate surface area is 208 Å². The van der Waals surface area contributed by atoms with Gasteiger partial charge in [0.2, 0.25) is 0 Å². The number of carbonyl (C=O) groups excluding carboxylic acids is 1. The number of urea groups is 1. The van der Waals surface area contributed by atoms with Gasteiger partial charge in [-0.05, 0) is 36.4 Å². The molecule has 3 heterocycles. The number of quaternary nitrogens is 1. The highest BCUT2D eigenvalue weighted by molar-refractivity contribution is 6.33. The predicted molar refractivity (Wildman–Crippen MR) is 132 cm³/mol. The van der Waals surface area contributed by atoms with Gasteiger partial charge in [0.25, 0.3) is 0 Å². The average molecular weight is 506 g/mol. The van der Waals surface area contributed by atoms with E-state index < -0.39 is 11.8 Å². The Bertz CT molecular complexity index is 1210. The van der Waals surface area contributed by atoms with Crippen molar-refractivity contribution >= 4 is 35.1 Å². The number of nitrogens with two attached hydrogens (primary N) is 1. The van der Waals surface area contributed by atoms with E-state index in [4.69, 9.17) is 34.0 Å². The molecule has 0 radical (unpaired) electrons. The number of aromatic nitrogens is 3. The smallest absolute Gasteiger partial charge is 0.344 e. The molecule has 0 saturated carbocycles. The molecule has 1 aromatic carbocycles. The van der Waals surface area contributed by atoms with E-state index in [2.05, 4.69) is 30.7 Å². The summed E-state index contributed by atoms with van der Waals surface area (Å²) in [6.45, 7) is 8.66. The molecule has 180 valence electrons. The van der Waals surface area contributed by atoms with Crippen LogP contribution in [0.4, 0.5) is 15.0 Å². The zero-order valence-electron chi connectivity index (χ0n) is 19.4. The van der Waals surface area contributed by atoms with Crippen LogP contribution in [0, 0.1) is 5.82 Å². The van der Waals surface area contributed by atoms with Gasteiger partial charge in [0.1, 0.15) is 31.3 Å². The molecule has 0 atom stereocenters. The normalized spacial score (nSPS) is 16.0. The molecule has 1 saturated heterocycles. The molecule has 4 rings (SSSR count). The van der Waals surface area contributed by atoms with Crippen LogP contribution in [-0.2, 0) is 12.0 Å². The van der Waals surface area contributed by atoms with Crippen LogP contribution in [0.3, 0.4) is 0 Å². The molecule has 0 unspecified atom stereocenters. The minimum atomic E-state index is -0.500. The van der Waals surface area contributed by atoms with Gasteiger partial charge < -0.3 is 10.6 Å². The number of primary amides is 1. The minimum absolute atomic E-state index is 0.0101. The summed E-state index contributed by atoms with van der Waals surface area (Å²) in [5, 5.41) is 5.37. The number of carbonyl (C=O) groups is 1. The van der Waals surface area contributed by atoms with Crippen LogP contribution < -0.4 is 10.6 Å². The van der Waals surface area contributed by atoms with E-state index >= 15 is 0 Å². The Hall–Kier alpha value is -2.68. The lowest BCUT2D eigenvalue weighted by Gasteiger charge is -2.41. The third kappa shape index (κ3) is 4.76. The first-order valence-corrected chi connectivity index (χ1v) is 11.8. The molecule has 7 nitrogen and oxygen atoms in total. The highest BCUT2D eigenvalue weighted by Crippen LogP contribution is 2.30. The molecule has 2 amide bonds. The number of piperazine rings is 1. The van der Waals surface area contributed by atoms with Crippen LogP contribution in [0.25, 0.3) is 5.69 Å². The average Bonchev–Trinajstić information content (AvgIpc) is 3.21. The first kappa shape index (κ1) is 24.4. The van der Waals surface area contributed by atoms with E-state index in [1.807, 2.05) is 6.07 Å². The van der Waals surface area contributed by atoms with E-state index in [-0.39, 0.29) is 14.9 Å². The quantitative estimate of drug-likeness (QED) is 0.510. The molecule has 1 fully saturated rings. The topological polar surface area (TPSA) is 77.0 Å². The summed E-state index contributed by atoms with van der Waals surface area (Å²) in [4.78, 5) is 19.2. The Kier molecular flexibility index (Phi) is 6.59. The van der Waals surface area contributed by atoms with E-state index in [9.17, 15) is 9.18 Å². The number of pyridine rings is 1. The maximum absolute atomic E-state index is 13.8. The second kappa shape index (κ2) is 9.17. The number of nitrogens with zero attached hydrogens (tertiary/aromatic N) is 5. The maximum Gasteiger partial charge on any atom is 0.414 e. The molecule has 34 heavy (non-hydrogen) atoms. The molecule has 0 aliphatic carbocycles. The summed E-state index contributed by atoms with van der Waals surface area (Å²) in [5.74, 6) is 0.201. The zero-order chi connectivity index (χ0) is 24.7. The number of anilines is 1. The number of rotatable bonds is 4. The first-order chi connectivity index (χ1) is 16.0. The van der Waals surface area contributed by atoms with Gasteiger partial charge in [0.15, 0.2) is 0 Å². The minimum Gasteiger partial charge on any atom is -0.344 e. The van der Waals surface area contributed by atoms with Crippen molar-refractivity contribution in [3.05, 3.63) is 69.8 Å². The van der Waals surface area contributed by atoms with Crippen molar-refractivity contribution in [1.29, 1.82) is 0 Å². The fraction of sp³-hybridized carbons (Fsp3) is 0.375. The van der Waals surface area contributed by atoms with Crippen molar-refractivity contribution in [3.63, 3.8) is 0 Å². The second-order valence-electron chi connectivity index (χ2n) is 9.67. The lowest BCUT2D eigenvalue weighted by atomic mass is 9.92. The third-order valence-electron chi connectivity index (χ3n) is 6.27. The first-order valence-electron chi connectivity index (χ1n) is 11.1. The Morgan fingerprint density at radius 3 is 2.44 bits per heavy atom. The third-order valence-corrected chi connectivity index (χ3v) is 6.85.